The maximum atomic E-state index is 6.06. The van der Waals surface area contributed by atoms with Crippen molar-refractivity contribution in [1.82, 2.24) is 0 Å². The van der Waals surface area contributed by atoms with Gasteiger partial charge in [-0.15, -0.1) is 0 Å². The summed E-state index contributed by atoms with van der Waals surface area (Å²) in [5.74, 6) is -0.333. The minimum absolute atomic E-state index is 0. The summed E-state index contributed by atoms with van der Waals surface area (Å²) in [7, 11) is 0. The van der Waals surface area contributed by atoms with Gasteiger partial charge in [-0.2, -0.15) is 0 Å². The molecule has 0 aromatic heterocycles. The van der Waals surface area contributed by atoms with E-state index in [0.717, 1.165) is 0 Å². The first kappa shape index (κ1) is 19.0. The summed E-state index contributed by atoms with van der Waals surface area (Å²) < 4.78 is 0. The smallest absolute Gasteiger partial charge is 0.183 e. The van der Waals surface area contributed by atoms with Crippen LogP contribution in [0, 0.1) is 5.41 Å². The fourth-order valence-electron chi connectivity index (χ4n) is 0. The number of nitrogens with two attached hydrogens (primary N) is 2. The lowest BCUT2D eigenvalue weighted by atomic mass is 11.1. The molecule has 0 rings (SSSR count). The summed E-state index contributed by atoms with van der Waals surface area (Å²) in [6, 6.07) is 0. The van der Waals surface area contributed by atoms with Gasteiger partial charge in [0.2, 0.25) is 0 Å². The first-order chi connectivity index (χ1) is 1.73. The molecule has 0 amide bonds. The summed E-state index contributed by atoms with van der Waals surface area (Å²) in [6.45, 7) is 0. The van der Waals surface area contributed by atoms with Crippen molar-refractivity contribution in [3.8, 4) is 0 Å². The molecule has 39 valence electrons. The van der Waals surface area contributed by atoms with E-state index in [4.69, 9.17) is 5.41 Å². The van der Waals surface area contributed by atoms with Crippen molar-refractivity contribution in [3.63, 3.8) is 0 Å². The second-order valence-electron chi connectivity index (χ2n) is 0.455. The Morgan fingerprint density at radius 2 is 1.33 bits per heavy atom. The van der Waals surface area contributed by atoms with Crippen LogP contribution in [0.15, 0.2) is 0 Å². The van der Waals surface area contributed by atoms with E-state index in [9.17, 15) is 0 Å². The van der Waals surface area contributed by atoms with Crippen LogP contribution in [0.4, 0.5) is 0 Å². The zero-order chi connectivity index (χ0) is 3.58. The van der Waals surface area contributed by atoms with Gasteiger partial charge in [0, 0.05) is 0 Å². The van der Waals surface area contributed by atoms with Gasteiger partial charge in [0.05, 0.1) is 0 Å². The zero-order valence-corrected chi connectivity index (χ0v) is 3.10. The average molecular weight is 94.1 g/mol. The molecule has 5 heteroatoms. The van der Waals surface area contributed by atoms with E-state index in [1.807, 2.05) is 0 Å². The van der Waals surface area contributed by atoms with E-state index >= 15 is 0 Å². The second kappa shape index (κ2) is 8.89. The van der Waals surface area contributed by atoms with Crippen molar-refractivity contribution < 1.29 is 11.0 Å². The minimum atomic E-state index is -0.333. The Bertz CT molecular complexity index is 31.8. The fraction of sp³-hybridized carbons (Fsp3) is 0. The Balaban J connectivity index is -0.0000000450. The van der Waals surface area contributed by atoms with Crippen LogP contribution < -0.4 is 11.5 Å². The molecule has 8 N–H and O–H groups in total. The molecule has 0 spiro atoms. The van der Waals surface area contributed by atoms with Gasteiger partial charge in [-0.3, -0.25) is 10.9 Å². The highest BCUT2D eigenvalue weighted by atomic mass is 16.0. The molecule has 0 saturated carbocycles. The van der Waals surface area contributed by atoms with Crippen LogP contribution in [-0.2, 0) is 0 Å². The first-order valence-electron chi connectivity index (χ1n) is 0.827. The molecule has 0 aliphatic heterocycles. The zero-order valence-electron chi connectivity index (χ0n) is 3.10. The molecule has 5 nitrogen and oxygen atoms in total. The Kier molecular flexibility index (Phi) is 28.1. The highest BCUT2D eigenvalue weighted by Crippen LogP contribution is 1.13. The highest BCUT2D eigenvalue weighted by molar-refractivity contribution is 5.71. The Labute approximate surface area is 35.1 Å². The van der Waals surface area contributed by atoms with Crippen LogP contribution in [0.1, 0.15) is 0 Å². The molecular weight excluding hydrogens is 86.0 g/mol. The van der Waals surface area contributed by atoms with Gasteiger partial charge in [-0.1, -0.05) is 0 Å². The van der Waals surface area contributed by atoms with E-state index in [1.54, 1.807) is 0 Å². The van der Waals surface area contributed by atoms with E-state index in [2.05, 4.69) is 11.5 Å². The summed E-state index contributed by atoms with van der Waals surface area (Å²) in [4.78, 5) is 0. The highest BCUT2D eigenvalue weighted by Gasteiger charge is 1.52. The molecule has 1 radical (unpaired) electrons. The minimum Gasteiger partial charge on any atom is -0.412 e. The molecule has 0 unspecified atom stereocenters. The van der Waals surface area contributed by atoms with Gasteiger partial charge < -0.3 is 16.9 Å². The lowest BCUT2D eigenvalue weighted by Gasteiger charge is -1.69. The van der Waals surface area contributed by atoms with Gasteiger partial charge in [0.1, 0.15) is 0 Å². The van der Waals surface area contributed by atoms with Crippen molar-refractivity contribution in [2.24, 2.45) is 11.5 Å². The van der Waals surface area contributed by atoms with Crippen molar-refractivity contribution in [3.05, 3.63) is 0 Å². The number of guanidine groups is 1. The first-order valence-corrected chi connectivity index (χ1v) is 0.827. The topological polar surface area (TPSA) is 137 Å². The number of hydrogen-bond donors (Lipinski definition) is 4. The van der Waals surface area contributed by atoms with Crippen LogP contribution >= 0.6 is 0 Å². The van der Waals surface area contributed by atoms with Gasteiger partial charge in [-0.25, -0.2) is 0 Å². The molecule has 0 aromatic carbocycles. The maximum absolute atomic E-state index is 6.06. The molecule has 0 atom stereocenters. The van der Waals surface area contributed by atoms with E-state index in [-0.39, 0.29) is 16.9 Å². The third-order valence-corrected chi connectivity index (χ3v) is 0. The molecule has 0 aliphatic rings. The molecule has 6 heavy (non-hydrogen) atoms. The SMILES string of the molecule is N=C(N)N.O.[OH]. The average Bonchev–Trinajstić information content (AvgIpc) is 0.811. The predicted octanol–water partition coefficient (Wildman–Crippen LogP) is -2.16. The van der Waals surface area contributed by atoms with Crippen LogP contribution in [0.3, 0.4) is 0 Å². The van der Waals surface area contributed by atoms with E-state index in [0.29, 0.717) is 0 Å². The van der Waals surface area contributed by atoms with E-state index < -0.39 is 0 Å². The van der Waals surface area contributed by atoms with Crippen molar-refractivity contribution in [1.29, 1.82) is 5.41 Å². The molecule has 0 aromatic rings. The van der Waals surface area contributed by atoms with E-state index in [1.165, 1.54) is 0 Å². The van der Waals surface area contributed by atoms with Crippen LogP contribution in [0.5, 0.6) is 0 Å². The third kappa shape index (κ3) is 23.3. The number of rotatable bonds is 0. The molecule has 0 heterocycles. The largest absolute Gasteiger partial charge is 0.412 e. The number of hydrogen-bond acceptors (Lipinski definition) is 1. The maximum Gasteiger partial charge on any atom is 0.183 e. The standard InChI is InChI=1S/CH5N3.H2O.HO/c2-1(3)4;;/h(H5,2,3,4);1H2;1H. The molecule has 0 bridgehead atoms. The Morgan fingerprint density at radius 3 is 1.33 bits per heavy atom. The van der Waals surface area contributed by atoms with Crippen LogP contribution in [0.25, 0.3) is 0 Å². The van der Waals surface area contributed by atoms with Gasteiger partial charge >= 0.3 is 0 Å². The fourth-order valence-corrected chi connectivity index (χ4v) is 0. The predicted molar refractivity (Wildman–Crippen MR) is 21.7 cm³/mol. The molecular formula is CH8N3O2. The van der Waals surface area contributed by atoms with Gasteiger partial charge in [0.25, 0.3) is 0 Å². The Hall–Kier alpha value is -0.810. The van der Waals surface area contributed by atoms with Crippen molar-refractivity contribution in [2.45, 2.75) is 0 Å². The van der Waals surface area contributed by atoms with Gasteiger partial charge in [-0.05, 0) is 0 Å². The Morgan fingerprint density at radius 1 is 1.33 bits per heavy atom. The molecule has 0 saturated heterocycles. The van der Waals surface area contributed by atoms with Gasteiger partial charge in [0.15, 0.2) is 5.96 Å². The quantitative estimate of drug-likeness (QED) is 0.200. The lowest BCUT2D eigenvalue weighted by Crippen LogP contribution is -2.20. The third-order valence-electron chi connectivity index (χ3n) is 0. The monoisotopic (exact) mass is 94.1 g/mol. The molecule has 0 fully saturated rings. The summed E-state index contributed by atoms with van der Waals surface area (Å²) in [6.07, 6.45) is 0. The summed E-state index contributed by atoms with van der Waals surface area (Å²) >= 11 is 0. The molecule has 0 aliphatic carbocycles. The van der Waals surface area contributed by atoms with Crippen LogP contribution in [0.2, 0.25) is 0 Å². The van der Waals surface area contributed by atoms with Crippen molar-refractivity contribution >= 4 is 5.96 Å². The van der Waals surface area contributed by atoms with Crippen molar-refractivity contribution in [2.75, 3.05) is 0 Å². The van der Waals surface area contributed by atoms with Crippen LogP contribution in [-0.4, -0.2) is 16.9 Å². The summed E-state index contributed by atoms with van der Waals surface area (Å²) in [5.41, 5.74) is 8.94. The second-order valence-corrected chi connectivity index (χ2v) is 0.455. The lowest BCUT2D eigenvalue weighted by molar-refractivity contribution is 0.823. The summed E-state index contributed by atoms with van der Waals surface area (Å²) in [5, 5.41) is 6.06. The normalized spacial score (nSPS) is 4.00. The number of nitrogens with one attached hydrogen (secondary N) is 1.